The van der Waals surface area contributed by atoms with Crippen LogP contribution in [0.1, 0.15) is 19.3 Å². The van der Waals surface area contributed by atoms with Gasteiger partial charge in [-0.05, 0) is 30.4 Å². The smallest absolute Gasteiger partial charge is 0.225 e. The van der Waals surface area contributed by atoms with Crippen LogP contribution >= 0.6 is 0 Å². The molecule has 1 fully saturated rings. The van der Waals surface area contributed by atoms with E-state index in [1.165, 1.54) is 10.9 Å². The SMILES string of the molecule is CN(C)C(=O)C1CCN(C(=O)CCn2ccc3ccccc32)CC1. The number of para-hydroxylation sites is 1. The Balaban J connectivity index is 1.52. The van der Waals surface area contributed by atoms with Gasteiger partial charge >= 0.3 is 0 Å². The largest absolute Gasteiger partial charge is 0.349 e. The number of hydrogen-bond acceptors (Lipinski definition) is 2. The molecule has 5 heteroatoms. The zero-order chi connectivity index (χ0) is 17.1. The molecule has 24 heavy (non-hydrogen) atoms. The monoisotopic (exact) mass is 327 g/mol. The van der Waals surface area contributed by atoms with Crippen molar-refractivity contribution in [3.8, 4) is 0 Å². The predicted octanol–water partition coefficient (Wildman–Crippen LogP) is 2.36. The van der Waals surface area contributed by atoms with Crippen LogP contribution in [0.15, 0.2) is 36.5 Å². The second-order valence-electron chi connectivity index (χ2n) is 6.71. The second kappa shape index (κ2) is 7.07. The number of nitrogens with zero attached hydrogens (tertiary/aromatic N) is 3. The number of rotatable bonds is 4. The summed E-state index contributed by atoms with van der Waals surface area (Å²) in [5.74, 6) is 0.432. The number of carbonyl (C=O) groups excluding carboxylic acids is 2. The average Bonchev–Trinajstić information content (AvgIpc) is 3.02. The van der Waals surface area contributed by atoms with Gasteiger partial charge in [0.25, 0.3) is 0 Å². The third-order valence-electron chi connectivity index (χ3n) is 4.88. The Kier molecular flexibility index (Phi) is 4.88. The van der Waals surface area contributed by atoms with E-state index in [1.807, 2.05) is 23.2 Å². The van der Waals surface area contributed by atoms with Crippen LogP contribution in [0.25, 0.3) is 10.9 Å². The Labute approximate surface area is 142 Å². The van der Waals surface area contributed by atoms with Crippen LogP contribution in [0.3, 0.4) is 0 Å². The lowest BCUT2D eigenvalue weighted by atomic mass is 9.95. The van der Waals surface area contributed by atoms with Gasteiger partial charge in [0.05, 0.1) is 0 Å². The third-order valence-corrected chi connectivity index (χ3v) is 4.88. The molecule has 3 rings (SSSR count). The van der Waals surface area contributed by atoms with Gasteiger partial charge in [-0.25, -0.2) is 0 Å². The summed E-state index contributed by atoms with van der Waals surface area (Å²) in [5, 5.41) is 1.20. The number of carbonyl (C=O) groups is 2. The molecule has 1 aromatic carbocycles. The summed E-state index contributed by atoms with van der Waals surface area (Å²) in [6.45, 7) is 2.08. The maximum absolute atomic E-state index is 12.5. The summed E-state index contributed by atoms with van der Waals surface area (Å²) in [5.41, 5.74) is 1.17. The number of amides is 2. The molecular formula is C19H25N3O2. The molecule has 0 aliphatic carbocycles. The molecule has 0 N–H and O–H groups in total. The van der Waals surface area contributed by atoms with Gasteiger partial charge in [-0.2, -0.15) is 0 Å². The Bertz CT molecular complexity index is 727. The van der Waals surface area contributed by atoms with E-state index in [0.29, 0.717) is 26.1 Å². The highest BCUT2D eigenvalue weighted by atomic mass is 16.2. The first-order valence-corrected chi connectivity index (χ1v) is 8.59. The molecule has 0 saturated carbocycles. The molecule has 2 amide bonds. The number of benzene rings is 1. The van der Waals surface area contributed by atoms with Gasteiger partial charge in [0, 0.05) is 57.8 Å². The number of aryl methyl sites for hydroxylation is 1. The van der Waals surface area contributed by atoms with E-state index in [0.717, 1.165) is 12.8 Å². The lowest BCUT2D eigenvalue weighted by Gasteiger charge is -2.32. The highest BCUT2D eigenvalue weighted by molar-refractivity contribution is 5.81. The van der Waals surface area contributed by atoms with Gasteiger partial charge in [-0.3, -0.25) is 9.59 Å². The average molecular weight is 327 g/mol. The fourth-order valence-electron chi connectivity index (χ4n) is 3.45. The highest BCUT2D eigenvalue weighted by Gasteiger charge is 2.27. The van der Waals surface area contributed by atoms with Crippen LogP contribution in [0.5, 0.6) is 0 Å². The van der Waals surface area contributed by atoms with E-state index in [2.05, 4.69) is 22.8 Å². The van der Waals surface area contributed by atoms with Crippen molar-refractivity contribution in [1.82, 2.24) is 14.4 Å². The standard InChI is InChI=1S/C19H25N3O2/c1-20(2)19(24)16-8-12-22(13-9-16)18(23)10-14-21-11-7-15-5-3-4-6-17(15)21/h3-7,11,16H,8-10,12-14H2,1-2H3. The van der Waals surface area contributed by atoms with Crippen LogP contribution in [-0.2, 0) is 16.1 Å². The van der Waals surface area contributed by atoms with Crippen molar-refractivity contribution >= 4 is 22.7 Å². The van der Waals surface area contributed by atoms with Crippen LogP contribution in [-0.4, -0.2) is 53.4 Å². The van der Waals surface area contributed by atoms with Gasteiger partial charge < -0.3 is 14.4 Å². The molecule has 2 heterocycles. The zero-order valence-corrected chi connectivity index (χ0v) is 14.4. The second-order valence-corrected chi connectivity index (χ2v) is 6.71. The maximum Gasteiger partial charge on any atom is 0.225 e. The molecule has 0 atom stereocenters. The van der Waals surface area contributed by atoms with Gasteiger partial charge in [-0.15, -0.1) is 0 Å². The van der Waals surface area contributed by atoms with Gasteiger partial charge in [0.2, 0.25) is 11.8 Å². The van der Waals surface area contributed by atoms with Crippen LogP contribution in [0, 0.1) is 5.92 Å². The fourth-order valence-corrected chi connectivity index (χ4v) is 3.45. The van der Waals surface area contributed by atoms with Crippen molar-refractivity contribution in [2.24, 2.45) is 5.92 Å². The Morgan fingerprint density at radius 2 is 1.83 bits per heavy atom. The first kappa shape index (κ1) is 16.6. The van der Waals surface area contributed by atoms with Crippen molar-refractivity contribution in [2.45, 2.75) is 25.8 Å². The molecule has 1 saturated heterocycles. The molecule has 1 aliphatic rings. The topological polar surface area (TPSA) is 45.6 Å². The van der Waals surface area contributed by atoms with Gasteiger partial charge in [-0.1, -0.05) is 18.2 Å². The van der Waals surface area contributed by atoms with Crippen molar-refractivity contribution in [3.05, 3.63) is 36.5 Å². The van der Waals surface area contributed by atoms with E-state index < -0.39 is 0 Å². The molecule has 0 bridgehead atoms. The minimum Gasteiger partial charge on any atom is -0.349 e. The van der Waals surface area contributed by atoms with E-state index >= 15 is 0 Å². The predicted molar refractivity (Wildman–Crippen MR) is 94.6 cm³/mol. The minimum atomic E-state index is 0.0671. The molecule has 1 aliphatic heterocycles. The number of fused-ring (bicyclic) bond motifs is 1. The Hall–Kier alpha value is -2.30. The van der Waals surface area contributed by atoms with E-state index in [-0.39, 0.29) is 17.7 Å². The first-order valence-electron chi connectivity index (χ1n) is 8.59. The lowest BCUT2D eigenvalue weighted by molar-refractivity contribution is -0.139. The lowest BCUT2D eigenvalue weighted by Crippen LogP contribution is -2.42. The van der Waals surface area contributed by atoms with Crippen molar-refractivity contribution in [3.63, 3.8) is 0 Å². The van der Waals surface area contributed by atoms with E-state index in [9.17, 15) is 9.59 Å². The summed E-state index contributed by atoms with van der Waals surface area (Å²) >= 11 is 0. The minimum absolute atomic E-state index is 0.0671. The molecule has 128 valence electrons. The van der Waals surface area contributed by atoms with Crippen LogP contribution in [0.2, 0.25) is 0 Å². The van der Waals surface area contributed by atoms with Crippen LogP contribution in [0.4, 0.5) is 0 Å². The summed E-state index contributed by atoms with van der Waals surface area (Å²) in [7, 11) is 3.59. The number of likely N-dealkylation sites (tertiary alicyclic amines) is 1. The zero-order valence-electron chi connectivity index (χ0n) is 14.4. The van der Waals surface area contributed by atoms with Crippen LogP contribution < -0.4 is 0 Å². The molecule has 0 radical (unpaired) electrons. The summed E-state index contributed by atoms with van der Waals surface area (Å²) < 4.78 is 2.13. The summed E-state index contributed by atoms with van der Waals surface area (Å²) in [6, 6.07) is 10.3. The molecule has 1 aromatic heterocycles. The quantitative estimate of drug-likeness (QED) is 0.865. The number of hydrogen-bond donors (Lipinski definition) is 0. The van der Waals surface area contributed by atoms with Crippen molar-refractivity contribution in [1.29, 1.82) is 0 Å². The Morgan fingerprint density at radius 1 is 1.12 bits per heavy atom. The molecule has 0 unspecified atom stereocenters. The van der Waals surface area contributed by atoms with Gasteiger partial charge in [0.15, 0.2) is 0 Å². The molecule has 0 spiro atoms. The molecule has 2 aromatic rings. The molecule has 5 nitrogen and oxygen atoms in total. The third kappa shape index (κ3) is 3.45. The van der Waals surface area contributed by atoms with E-state index in [4.69, 9.17) is 0 Å². The number of piperidine rings is 1. The van der Waals surface area contributed by atoms with Crippen molar-refractivity contribution in [2.75, 3.05) is 27.2 Å². The van der Waals surface area contributed by atoms with Gasteiger partial charge in [0.1, 0.15) is 0 Å². The molecular weight excluding hydrogens is 302 g/mol. The maximum atomic E-state index is 12.5. The fraction of sp³-hybridized carbons (Fsp3) is 0.474. The summed E-state index contributed by atoms with van der Waals surface area (Å²) in [6.07, 6.45) is 4.09. The Morgan fingerprint density at radius 3 is 2.54 bits per heavy atom. The number of aromatic nitrogens is 1. The normalized spacial score (nSPS) is 15.7. The first-order chi connectivity index (χ1) is 11.6. The van der Waals surface area contributed by atoms with E-state index in [1.54, 1.807) is 19.0 Å². The summed E-state index contributed by atoms with van der Waals surface area (Å²) in [4.78, 5) is 28.0. The van der Waals surface area contributed by atoms with Crippen molar-refractivity contribution < 1.29 is 9.59 Å². The highest BCUT2D eigenvalue weighted by Crippen LogP contribution is 2.20.